The topological polar surface area (TPSA) is 82.6 Å². The number of carbonyl (C=O) groups is 1. The molecule has 0 saturated heterocycles. The Morgan fingerprint density at radius 3 is 2.72 bits per heavy atom. The molecule has 18 heavy (non-hydrogen) atoms. The Balaban J connectivity index is 2.33. The molecule has 0 atom stereocenters. The molecule has 1 aromatic carbocycles. The van der Waals surface area contributed by atoms with Crippen LogP contribution in [0.4, 0.5) is 5.69 Å². The molecule has 0 aliphatic carbocycles. The molecule has 2 rings (SSSR count). The van der Waals surface area contributed by atoms with Crippen LogP contribution in [0.3, 0.4) is 0 Å². The number of ether oxygens (including phenoxy) is 1. The Kier molecular flexibility index (Phi) is 3.42. The molecule has 2 aromatic rings. The van der Waals surface area contributed by atoms with Gasteiger partial charge in [0.05, 0.1) is 4.92 Å². The summed E-state index contributed by atoms with van der Waals surface area (Å²) in [5.41, 5.74) is -0.201. The van der Waals surface area contributed by atoms with Gasteiger partial charge in [-0.15, -0.1) is 0 Å². The van der Waals surface area contributed by atoms with E-state index in [9.17, 15) is 14.9 Å². The van der Waals surface area contributed by atoms with E-state index in [2.05, 4.69) is 15.9 Å². The molecule has 6 nitrogen and oxygen atoms in total. The van der Waals surface area contributed by atoms with E-state index in [0.717, 1.165) is 0 Å². The molecule has 0 bridgehead atoms. The van der Waals surface area contributed by atoms with Crippen molar-refractivity contribution in [3.63, 3.8) is 0 Å². The van der Waals surface area contributed by atoms with Gasteiger partial charge in [0.2, 0.25) is 5.75 Å². The summed E-state index contributed by atoms with van der Waals surface area (Å²) in [6.45, 7) is 0. The first-order valence-corrected chi connectivity index (χ1v) is 5.56. The van der Waals surface area contributed by atoms with Gasteiger partial charge in [-0.05, 0) is 18.2 Å². The van der Waals surface area contributed by atoms with Gasteiger partial charge < -0.3 is 9.15 Å². The highest BCUT2D eigenvalue weighted by Crippen LogP contribution is 2.34. The Labute approximate surface area is 109 Å². The number of nitro benzene ring substituents is 1. The number of benzene rings is 1. The summed E-state index contributed by atoms with van der Waals surface area (Å²) in [5, 5.41) is 10.8. The summed E-state index contributed by atoms with van der Waals surface area (Å²) in [4.78, 5) is 20.7. The zero-order chi connectivity index (χ0) is 13.1. The minimum Gasteiger partial charge on any atom is -0.422 e. The monoisotopic (exact) mass is 311 g/mol. The number of rotatable bonds is 4. The van der Waals surface area contributed by atoms with E-state index in [1.165, 1.54) is 24.3 Å². The largest absolute Gasteiger partial charge is 0.422 e. The zero-order valence-corrected chi connectivity index (χ0v) is 10.4. The standard InChI is InChI=1S/C11H6BrNO5/c12-7-1-3-10(9(5-7)13(15)16)18-11-4-2-8(6-14)17-11/h1-6H. The molecule has 7 heteroatoms. The summed E-state index contributed by atoms with van der Waals surface area (Å²) in [7, 11) is 0. The van der Waals surface area contributed by atoms with Crippen molar-refractivity contribution in [2.75, 3.05) is 0 Å². The van der Waals surface area contributed by atoms with Crippen LogP contribution >= 0.6 is 15.9 Å². The fraction of sp³-hybridized carbons (Fsp3) is 0. The third-order valence-corrected chi connectivity index (χ3v) is 2.54. The first kappa shape index (κ1) is 12.3. The predicted octanol–water partition coefficient (Wildman–Crippen LogP) is 3.56. The van der Waals surface area contributed by atoms with Crippen LogP contribution in [0.15, 0.2) is 39.2 Å². The van der Waals surface area contributed by atoms with Crippen molar-refractivity contribution in [3.8, 4) is 11.7 Å². The van der Waals surface area contributed by atoms with Crippen LogP contribution in [-0.2, 0) is 0 Å². The fourth-order valence-corrected chi connectivity index (χ4v) is 1.63. The number of nitrogens with zero attached hydrogens (tertiary/aromatic N) is 1. The molecule has 0 unspecified atom stereocenters. The third-order valence-electron chi connectivity index (χ3n) is 2.05. The number of hydrogen-bond donors (Lipinski definition) is 0. The molecule has 0 fully saturated rings. The van der Waals surface area contributed by atoms with Crippen LogP contribution < -0.4 is 4.74 Å². The quantitative estimate of drug-likeness (QED) is 0.490. The molecular weight excluding hydrogens is 306 g/mol. The molecule has 0 N–H and O–H groups in total. The zero-order valence-electron chi connectivity index (χ0n) is 8.83. The third kappa shape index (κ3) is 2.57. The van der Waals surface area contributed by atoms with Crippen molar-refractivity contribution in [3.05, 3.63) is 50.7 Å². The molecular formula is C11H6BrNO5. The lowest BCUT2D eigenvalue weighted by Gasteiger charge is -2.03. The second-order valence-corrected chi connectivity index (χ2v) is 4.16. The smallest absolute Gasteiger partial charge is 0.312 e. The van der Waals surface area contributed by atoms with Gasteiger partial charge in [-0.1, -0.05) is 15.9 Å². The maximum absolute atomic E-state index is 10.8. The number of furan rings is 1. The average molecular weight is 312 g/mol. The molecule has 0 aliphatic rings. The van der Waals surface area contributed by atoms with Gasteiger partial charge in [0, 0.05) is 16.6 Å². The van der Waals surface area contributed by atoms with Crippen molar-refractivity contribution in [1.82, 2.24) is 0 Å². The summed E-state index contributed by atoms with van der Waals surface area (Å²) in [5.74, 6) is 0.141. The molecule has 0 amide bonds. The minimum atomic E-state index is -0.566. The van der Waals surface area contributed by atoms with E-state index >= 15 is 0 Å². The highest BCUT2D eigenvalue weighted by Gasteiger charge is 2.17. The van der Waals surface area contributed by atoms with Gasteiger partial charge in [0.1, 0.15) is 0 Å². The van der Waals surface area contributed by atoms with E-state index in [1.807, 2.05) is 0 Å². The lowest BCUT2D eigenvalue weighted by molar-refractivity contribution is -0.385. The number of carbonyl (C=O) groups excluding carboxylic acids is 1. The second kappa shape index (κ2) is 5.01. The van der Waals surface area contributed by atoms with Gasteiger partial charge in [0.25, 0.3) is 5.95 Å². The lowest BCUT2D eigenvalue weighted by atomic mass is 10.3. The maximum atomic E-state index is 10.8. The van der Waals surface area contributed by atoms with Crippen molar-refractivity contribution >= 4 is 27.9 Å². The summed E-state index contributed by atoms with van der Waals surface area (Å²) >= 11 is 3.14. The van der Waals surface area contributed by atoms with Crippen molar-refractivity contribution in [2.45, 2.75) is 0 Å². The molecule has 1 aromatic heterocycles. The lowest BCUT2D eigenvalue weighted by Crippen LogP contribution is -1.92. The molecule has 92 valence electrons. The molecule has 0 spiro atoms. The van der Waals surface area contributed by atoms with Crippen LogP contribution in [0, 0.1) is 10.1 Å². The minimum absolute atomic E-state index is 0.0162. The SMILES string of the molecule is O=Cc1ccc(Oc2ccc(Br)cc2[N+](=O)[O-])o1. The van der Waals surface area contributed by atoms with E-state index < -0.39 is 4.92 Å². The Morgan fingerprint density at radius 2 is 2.11 bits per heavy atom. The first-order chi connectivity index (χ1) is 8.60. The van der Waals surface area contributed by atoms with Gasteiger partial charge >= 0.3 is 5.69 Å². The van der Waals surface area contributed by atoms with Crippen molar-refractivity contribution in [1.29, 1.82) is 0 Å². The first-order valence-electron chi connectivity index (χ1n) is 4.77. The number of nitro groups is 1. The Bertz CT molecular complexity index is 607. The van der Waals surface area contributed by atoms with Crippen LogP contribution in [0.25, 0.3) is 0 Å². The highest BCUT2D eigenvalue weighted by molar-refractivity contribution is 9.10. The molecule has 1 heterocycles. The average Bonchev–Trinajstić information content (AvgIpc) is 2.79. The number of halogens is 1. The van der Waals surface area contributed by atoms with Gasteiger partial charge in [-0.25, -0.2) is 0 Å². The van der Waals surface area contributed by atoms with Crippen molar-refractivity contribution in [2.24, 2.45) is 0 Å². The molecule has 0 aliphatic heterocycles. The van der Waals surface area contributed by atoms with Crippen LogP contribution in [0.2, 0.25) is 0 Å². The van der Waals surface area contributed by atoms with E-state index in [-0.39, 0.29) is 23.1 Å². The van der Waals surface area contributed by atoms with Gasteiger partial charge in [0.15, 0.2) is 12.0 Å². The maximum Gasteiger partial charge on any atom is 0.312 e. The normalized spacial score (nSPS) is 10.1. The van der Waals surface area contributed by atoms with Crippen LogP contribution in [-0.4, -0.2) is 11.2 Å². The molecule has 0 radical (unpaired) electrons. The predicted molar refractivity (Wildman–Crippen MR) is 65.0 cm³/mol. The van der Waals surface area contributed by atoms with Crippen LogP contribution in [0.1, 0.15) is 10.6 Å². The summed E-state index contributed by atoms with van der Waals surface area (Å²) in [6.07, 6.45) is 0.517. The molecule has 0 saturated carbocycles. The highest BCUT2D eigenvalue weighted by atomic mass is 79.9. The van der Waals surface area contributed by atoms with Crippen molar-refractivity contribution < 1.29 is 18.9 Å². The Morgan fingerprint density at radius 1 is 1.33 bits per heavy atom. The van der Waals surface area contributed by atoms with E-state index in [0.29, 0.717) is 10.8 Å². The second-order valence-electron chi connectivity index (χ2n) is 3.25. The summed E-state index contributed by atoms with van der Waals surface area (Å²) < 4.78 is 10.8. The van der Waals surface area contributed by atoms with E-state index in [1.54, 1.807) is 6.07 Å². The summed E-state index contributed by atoms with van der Waals surface area (Å²) in [6, 6.07) is 7.18. The number of hydrogen-bond acceptors (Lipinski definition) is 5. The fourth-order valence-electron chi connectivity index (χ4n) is 1.28. The van der Waals surface area contributed by atoms with E-state index in [4.69, 9.17) is 9.15 Å². The van der Waals surface area contributed by atoms with Gasteiger partial charge in [-0.3, -0.25) is 14.9 Å². The van der Waals surface area contributed by atoms with Gasteiger partial charge in [-0.2, -0.15) is 0 Å². The number of aldehydes is 1. The van der Waals surface area contributed by atoms with Crippen LogP contribution in [0.5, 0.6) is 11.7 Å². The Hall–Kier alpha value is -2.15.